The first-order valence-electron chi connectivity index (χ1n) is 11.2. The number of methoxy groups -OCH3 is 1. The van der Waals surface area contributed by atoms with Crippen LogP contribution in [0.1, 0.15) is 41.6 Å². The monoisotopic (exact) mass is 472 g/mol. The van der Waals surface area contributed by atoms with E-state index in [1.807, 2.05) is 33.9 Å². The first kappa shape index (κ1) is 24.8. The number of thiophene rings is 1. The summed E-state index contributed by atoms with van der Waals surface area (Å²) in [5.41, 5.74) is 1.61. The molecule has 2 aromatic rings. The van der Waals surface area contributed by atoms with Crippen LogP contribution in [0, 0.1) is 0 Å². The number of amides is 2. The third-order valence-corrected chi connectivity index (χ3v) is 6.08. The molecule has 1 atom stereocenters. The molecule has 1 aliphatic heterocycles. The molecule has 7 nitrogen and oxygen atoms in total. The highest BCUT2D eigenvalue weighted by molar-refractivity contribution is 7.08. The Morgan fingerprint density at radius 3 is 2.91 bits per heavy atom. The molecule has 1 aliphatic rings. The van der Waals surface area contributed by atoms with Crippen molar-refractivity contribution in [3.05, 3.63) is 58.8 Å². The SMILES string of the molecule is C=CCOc1ccc(CN(CC2CCCO2)C(=O)CCCNC(=O)c2ccsc2)cc1OC. The van der Waals surface area contributed by atoms with Crippen LogP contribution >= 0.6 is 11.3 Å². The Labute approximate surface area is 199 Å². The Kier molecular flexibility index (Phi) is 9.77. The molecule has 33 heavy (non-hydrogen) atoms. The van der Waals surface area contributed by atoms with Gasteiger partial charge in [0.05, 0.1) is 13.2 Å². The molecule has 3 rings (SSSR count). The van der Waals surface area contributed by atoms with Crippen LogP contribution < -0.4 is 14.8 Å². The molecule has 0 saturated carbocycles. The molecule has 0 bridgehead atoms. The van der Waals surface area contributed by atoms with Crippen LogP contribution in [0.15, 0.2) is 47.7 Å². The first-order valence-corrected chi connectivity index (χ1v) is 12.2. The van der Waals surface area contributed by atoms with E-state index in [0.717, 1.165) is 25.0 Å². The van der Waals surface area contributed by atoms with Gasteiger partial charge in [-0.05, 0) is 48.4 Å². The second-order valence-electron chi connectivity index (χ2n) is 7.87. The summed E-state index contributed by atoms with van der Waals surface area (Å²) in [5.74, 6) is 1.20. The fourth-order valence-electron chi connectivity index (χ4n) is 3.68. The van der Waals surface area contributed by atoms with E-state index < -0.39 is 0 Å². The average Bonchev–Trinajstić information content (AvgIpc) is 3.54. The lowest BCUT2D eigenvalue weighted by Crippen LogP contribution is -2.37. The van der Waals surface area contributed by atoms with Gasteiger partial charge in [0, 0.05) is 43.6 Å². The highest BCUT2D eigenvalue weighted by atomic mass is 32.1. The number of rotatable bonds is 13. The number of nitrogens with one attached hydrogen (secondary N) is 1. The molecule has 1 saturated heterocycles. The van der Waals surface area contributed by atoms with Gasteiger partial charge in [-0.3, -0.25) is 9.59 Å². The van der Waals surface area contributed by atoms with E-state index in [9.17, 15) is 9.59 Å². The fourth-order valence-corrected chi connectivity index (χ4v) is 4.32. The molecule has 178 valence electrons. The Morgan fingerprint density at radius 1 is 1.33 bits per heavy atom. The third kappa shape index (κ3) is 7.61. The van der Waals surface area contributed by atoms with Crippen molar-refractivity contribution < 1.29 is 23.8 Å². The quantitative estimate of drug-likeness (QED) is 0.352. The summed E-state index contributed by atoms with van der Waals surface area (Å²) >= 11 is 1.48. The smallest absolute Gasteiger partial charge is 0.252 e. The maximum Gasteiger partial charge on any atom is 0.252 e. The van der Waals surface area contributed by atoms with Crippen molar-refractivity contribution in [1.29, 1.82) is 0 Å². The van der Waals surface area contributed by atoms with E-state index in [1.165, 1.54) is 11.3 Å². The van der Waals surface area contributed by atoms with Gasteiger partial charge >= 0.3 is 0 Å². The lowest BCUT2D eigenvalue weighted by molar-refractivity contribution is -0.133. The molecule has 0 spiro atoms. The molecule has 1 unspecified atom stereocenters. The Bertz CT molecular complexity index is 910. The van der Waals surface area contributed by atoms with Gasteiger partial charge in [-0.1, -0.05) is 18.7 Å². The topological polar surface area (TPSA) is 77.1 Å². The number of hydrogen-bond acceptors (Lipinski definition) is 6. The maximum absolute atomic E-state index is 13.1. The predicted octanol–water partition coefficient (Wildman–Crippen LogP) is 4.04. The molecule has 1 aromatic carbocycles. The summed E-state index contributed by atoms with van der Waals surface area (Å²) in [7, 11) is 1.60. The average molecular weight is 473 g/mol. The second kappa shape index (κ2) is 13.0. The highest BCUT2D eigenvalue weighted by Crippen LogP contribution is 2.29. The summed E-state index contributed by atoms with van der Waals surface area (Å²) in [6.45, 7) is 6.26. The lowest BCUT2D eigenvalue weighted by atomic mass is 10.1. The first-order chi connectivity index (χ1) is 16.1. The van der Waals surface area contributed by atoms with E-state index in [1.54, 1.807) is 19.3 Å². The van der Waals surface area contributed by atoms with Crippen LogP contribution in [0.2, 0.25) is 0 Å². The van der Waals surface area contributed by atoms with E-state index in [0.29, 0.717) is 56.1 Å². The predicted molar refractivity (Wildman–Crippen MR) is 129 cm³/mol. The summed E-state index contributed by atoms with van der Waals surface area (Å²) < 4.78 is 16.9. The molecule has 0 aliphatic carbocycles. The maximum atomic E-state index is 13.1. The second-order valence-corrected chi connectivity index (χ2v) is 8.65. The zero-order valence-electron chi connectivity index (χ0n) is 19.1. The molecule has 1 N–H and O–H groups in total. The van der Waals surface area contributed by atoms with Gasteiger partial charge in [-0.15, -0.1) is 0 Å². The molecular formula is C25H32N2O5S. The van der Waals surface area contributed by atoms with Crippen molar-refractivity contribution in [1.82, 2.24) is 10.2 Å². The van der Waals surface area contributed by atoms with E-state index in [-0.39, 0.29) is 17.9 Å². The van der Waals surface area contributed by atoms with E-state index in [4.69, 9.17) is 14.2 Å². The van der Waals surface area contributed by atoms with Gasteiger partial charge in [0.15, 0.2) is 11.5 Å². The molecular weight excluding hydrogens is 440 g/mol. The van der Waals surface area contributed by atoms with Gasteiger partial charge in [-0.25, -0.2) is 0 Å². The molecule has 2 heterocycles. The number of hydrogen-bond donors (Lipinski definition) is 1. The summed E-state index contributed by atoms with van der Waals surface area (Å²) in [5, 5.41) is 6.56. The van der Waals surface area contributed by atoms with Crippen molar-refractivity contribution in [2.75, 3.05) is 33.4 Å². The van der Waals surface area contributed by atoms with Gasteiger partial charge in [-0.2, -0.15) is 11.3 Å². The molecule has 0 radical (unpaired) electrons. The van der Waals surface area contributed by atoms with Crippen molar-refractivity contribution in [2.24, 2.45) is 0 Å². The van der Waals surface area contributed by atoms with Crippen molar-refractivity contribution in [2.45, 2.75) is 38.3 Å². The molecule has 2 amide bonds. The van der Waals surface area contributed by atoms with Crippen LogP contribution in [-0.4, -0.2) is 56.2 Å². The van der Waals surface area contributed by atoms with Crippen LogP contribution in [0.5, 0.6) is 11.5 Å². The highest BCUT2D eigenvalue weighted by Gasteiger charge is 2.23. The van der Waals surface area contributed by atoms with Crippen molar-refractivity contribution >= 4 is 23.2 Å². The minimum absolute atomic E-state index is 0.0428. The largest absolute Gasteiger partial charge is 0.493 e. The van der Waals surface area contributed by atoms with Gasteiger partial charge in [0.1, 0.15) is 6.61 Å². The number of benzene rings is 1. The van der Waals surface area contributed by atoms with E-state index in [2.05, 4.69) is 11.9 Å². The zero-order valence-corrected chi connectivity index (χ0v) is 19.9. The molecule has 1 fully saturated rings. The number of ether oxygens (including phenoxy) is 3. The zero-order chi connectivity index (χ0) is 23.5. The molecule has 1 aromatic heterocycles. The summed E-state index contributed by atoms with van der Waals surface area (Å²) in [4.78, 5) is 27.0. The van der Waals surface area contributed by atoms with Crippen LogP contribution in [0.25, 0.3) is 0 Å². The van der Waals surface area contributed by atoms with Gasteiger partial charge in [0.25, 0.3) is 5.91 Å². The minimum atomic E-state index is -0.106. The Morgan fingerprint density at radius 2 is 2.21 bits per heavy atom. The number of nitrogens with zero attached hydrogens (tertiary/aromatic N) is 1. The number of carbonyl (C=O) groups excluding carboxylic acids is 2. The van der Waals surface area contributed by atoms with Gasteiger partial charge in [0.2, 0.25) is 5.91 Å². The van der Waals surface area contributed by atoms with Crippen molar-refractivity contribution in [3.63, 3.8) is 0 Å². The van der Waals surface area contributed by atoms with Gasteiger partial charge < -0.3 is 24.4 Å². The minimum Gasteiger partial charge on any atom is -0.493 e. The Balaban J connectivity index is 1.58. The Hall–Kier alpha value is -2.84. The summed E-state index contributed by atoms with van der Waals surface area (Å²) in [6.07, 6.45) is 4.65. The van der Waals surface area contributed by atoms with Crippen LogP contribution in [0.3, 0.4) is 0 Å². The lowest BCUT2D eigenvalue weighted by Gasteiger charge is -2.26. The normalized spacial score (nSPS) is 15.1. The number of carbonyl (C=O) groups is 2. The third-order valence-electron chi connectivity index (χ3n) is 5.40. The molecule has 8 heteroatoms. The fraction of sp³-hybridized carbons (Fsp3) is 0.440. The van der Waals surface area contributed by atoms with E-state index >= 15 is 0 Å². The summed E-state index contributed by atoms with van der Waals surface area (Å²) in [6, 6.07) is 7.48. The van der Waals surface area contributed by atoms with Crippen molar-refractivity contribution in [3.8, 4) is 11.5 Å². The van der Waals surface area contributed by atoms with Crippen LogP contribution in [-0.2, 0) is 16.1 Å². The standard InChI is InChI=1S/C25H32N2O5S/c1-3-12-32-22-9-8-19(15-23(22)30-2)16-27(17-21-6-5-13-31-21)24(28)7-4-11-26-25(29)20-10-14-33-18-20/h3,8-10,14-15,18,21H,1,4-7,11-13,16-17H2,2H3,(H,26,29). The van der Waals surface area contributed by atoms with Crippen LogP contribution in [0.4, 0.5) is 0 Å².